The average molecular weight is 556 g/mol. The Morgan fingerprint density at radius 2 is 1.48 bits per heavy atom. The van der Waals surface area contributed by atoms with Gasteiger partial charge in [0.25, 0.3) is 0 Å². The van der Waals surface area contributed by atoms with Gasteiger partial charge in [-0.3, -0.25) is 15.1 Å². The van der Waals surface area contributed by atoms with Crippen LogP contribution < -0.4 is 5.32 Å². The van der Waals surface area contributed by atoms with Crippen molar-refractivity contribution in [1.29, 1.82) is 0 Å². The Morgan fingerprint density at radius 3 is 2.31 bits per heavy atom. The van der Waals surface area contributed by atoms with Crippen LogP contribution in [0, 0.1) is 5.82 Å². The number of aromatic nitrogens is 6. The maximum atomic E-state index is 13.5. The van der Waals surface area contributed by atoms with Crippen LogP contribution in [0.5, 0.6) is 0 Å². The van der Waals surface area contributed by atoms with Crippen molar-refractivity contribution >= 4 is 21.9 Å². The number of hydrogen-bond acceptors (Lipinski definition) is 5. The summed E-state index contributed by atoms with van der Waals surface area (Å²) in [5.41, 5.74) is 9.25. The average Bonchev–Trinajstić information content (AvgIpc) is 3.67. The number of pyridine rings is 2. The van der Waals surface area contributed by atoms with Gasteiger partial charge in [-0.1, -0.05) is 62.4 Å². The maximum absolute atomic E-state index is 13.5. The summed E-state index contributed by atoms with van der Waals surface area (Å²) in [5.74, 6) is 0.348. The molecule has 0 bridgehead atoms. The van der Waals surface area contributed by atoms with Crippen molar-refractivity contribution in [2.75, 3.05) is 0 Å². The third-order valence-electron chi connectivity index (χ3n) is 6.97. The summed E-state index contributed by atoms with van der Waals surface area (Å²) in [5, 5.41) is 12.1. The quantitative estimate of drug-likeness (QED) is 0.187. The van der Waals surface area contributed by atoms with Crippen molar-refractivity contribution in [1.82, 2.24) is 35.5 Å². The molecular formula is C34H30FN7. The van der Waals surface area contributed by atoms with Gasteiger partial charge < -0.3 is 10.3 Å². The van der Waals surface area contributed by atoms with Crippen molar-refractivity contribution in [3.63, 3.8) is 0 Å². The van der Waals surface area contributed by atoms with E-state index in [2.05, 4.69) is 60.8 Å². The molecule has 0 aliphatic heterocycles. The van der Waals surface area contributed by atoms with Crippen LogP contribution in [0.25, 0.3) is 55.7 Å². The molecule has 0 fully saturated rings. The fourth-order valence-electron chi connectivity index (χ4n) is 4.95. The number of aromatic amines is 2. The molecular weight excluding hydrogens is 525 g/mol. The SMILES string of the molecule is CC.Fc1ccc(-c2cncc3[nH]c(-c4n[nH]c5ccc(-c6cncc(CNCc7ccccc7)c6)cc45)nc23)cc1. The zero-order valence-corrected chi connectivity index (χ0v) is 23.4. The predicted molar refractivity (Wildman–Crippen MR) is 166 cm³/mol. The van der Waals surface area contributed by atoms with Crippen LogP contribution in [0.3, 0.4) is 0 Å². The van der Waals surface area contributed by atoms with Crippen LogP contribution >= 0.6 is 0 Å². The molecule has 42 heavy (non-hydrogen) atoms. The number of halogens is 1. The van der Waals surface area contributed by atoms with Crippen LogP contribution in [-0.2, 0) is 13.1 Å². The molecule has 3 aromatic carbocycles. The summed E-state index contributed by atoms with van der Waals surface area (Å²) in [4.78, 5) is 17.1. The fourth-order valence-corrected chi connectivity index (χ4v) is 4.95. The summed E-state index contributed by atoms with van der Waals surface area (Å²) < 4.78 is 13.5. The molecule has 7 aromatic rings. The van der Waals surface area contributed by atoms with Gasteiger partial charge in [-0.05, 0) is 52.6 Å². The van der Waals surface area contributed by atoms with Crippen molar-refractivity contribution in [3.05, 3.63) is 121 Å². The molecule has 0 saturated heterocycles. The van der Waals surface area contributed by atoms with E-state index in [0.29, 0.717) is 11.5 Å². The Balaban J connectivity index is 0.00000155. The number of benzene rings is 3. The largest absolute Gasteiger partial charge is 0.335 e. The third-order valence-corrected chi connectivity index (χ3v) is 6.97. The monoisotopic (exact) mass is 555 g/mol. The summed E-state index contributed by atoms with van der Waals surface area (Å²) in [6, 6.07) is 25.0. The number of nitrogens with one attached hydrogen (secondary N) is 3. The minimum absolute atomic E-state index is 0.283. The number of rotatable bonds is 7. The van der Waals surface area contributed by atoms with E-state index in [1.165, 1.54) is 17.7 Å². The van der Waals surface area contributed by atoms with Gasteiger partial charge >= 0.3 is 0 Å². The highest BCUT2D eigenvalue weighted by Crippen LogP contribution is 2.33. The van der Waals surface area contributed by atoms with Crippen LogP contribution in [0.4, 0.5) is 4.39 Å². The summed E-state index contributed by atoms with van der Waals surface area (Å²) >= 11 is 0. The number of nitrogens with zero attached hydrogens (tertiary/aromatic N) is 4. The first-order valence-corrected chi connectivity index (χ1v) is 14.0. The molecule has 3 N–H and O–H groups in total. The highest BCUT2D eigenvalue weighted by molar-refractivity contribution is 5.98. The highest BCUT2D eigenvalue weighted by Gasteiger charge is 2.16. The lowest BCUT2D eigenvalue weighted by Crippen LogP contribution is -2.12. The van der Waals surface area contributed by atoms with E-state index in [1.54, 1.807) is 24.5 Å². The summed E-state index contributed by atoms with van der Waals surface area (Å²) in [6.07, 6.45) is 7.26. The Kier molecular flexibility index (Phi) is 7.79. The standard InChI is InChI=1S/C32H24FN7.C2H6/c33-25-9-6-22(7-10-25)27-18-36-19-29-30(27)38-32(37-29)31-26-13-23(8-11-28(26)39-40-31)24-12-21(16-35-17-24)15-34-14-20-4-2-1-3-5-20;1-2/h1-13,16-19,34H,14-15H2,(H,37,38)(H,39,40);1-2H3. The Morgan fingerprint density at radius 1 is 0.714 bits per heavy atom. The van der Waals surface area contributed by atoms with E-state index in [9.17, 15) is 4.39 Å². The second-order valence-corrected chi connectivity index (χ2v) is 9.68. The van der Waals surface area contributed by atoms with E-state index < -0.39 is 0 Å². The van der Waals surface area contributed by atoms with E-state index >= 15 is 0 Å². The van der Waals surface area contributed by atoms with Gasteiger partial charge in [0, 0.05) is 48.2 Å². The molecule has 0 aliphatic carbocycles. The number of imidazole rings is 1. The number of hydrogen-bond donors (Lipinski definition) is 3. The van der Waals surface area contributed by atoms with Crippen molar-refractivity contribution in [2.45, 2.75) is 26.9 Å². The summed E-state index contributed by atoms with van der Waals surface area (Å²) in [6.45, 7) is 5.52. The first kappa shape index (κ1) is 27.0. The second-order valence-electron chi connectivity index (χ2n) is 9.68. The fraction of sp³-hybridized carbons (Fsp3) is 0.118. The van der Waals surface area contributed by atoms with Gasteiger partial charge in [0.2, 0.25) is 0 Å². The molecule has 0 unspecified atom stereocenters. The predicted octanol–water partition coefficient (Wildman–Crippen LogP) is 7.69. The molecule has 4 aromatic heterocycles. The third kappa shape index (κ3) is 5.53. The smallest absolute Gasteiger partial charge is 0.159 e. The molecule has 7 rings (SSSR count). The van der Waals surface area contributed by atoms with E-state index in [0.717, 1.165) is 62.8 Å². The molecule has 0 amide bonds. The second kappa shape index (κ2) is 12.1. The molecule has 7 nitrogen and oxygen atoms in total. The maximum Gasteiger partial charge on any atom is 0.159 e. The zero-order valence-electron chi connectivity index (χ0n) is 23.4. The van der Waals surface area contributed by atoms with Crippen molar-refractivity contribution in [3.8, 4) is 33.8 Å². The normalized spacial score (nSPS) is 11.0. The molecule has 0 atom stereocenters. The molecule has 0 saturated carbocycles. The molecule has 0 spiro atoms. The van der Waals surface area contributed by atoms with Crippen LogP contribution in [0.2, 0.25) is 0 Å². The zero-order chi connectivity index (χ0) is 28.9. The van der Waals surface area contributed by atoms with Gasteiger partial charge in [0.1, 0.15) is 11.5 Å². The van der Waals surface area contributed by atoms with Crippen molar-refractivity contribution < 1.29 is 4.39 Å². The Hall–Kier alpha value is -5.21. The van der Waals surface area contributed by atoms with Crippen LogP contribution in [0.15, 0.2) is 104 Å². The molecule has 208 valence electrons. The highest BCUT2D eigenvalue weighted by atomic mass is 19.1. The topological polar surface area (TPSA) is 95.2 Å². The minimum atomic E-state index is -0.283. The van der Waals surface area contributed by atoms with Crippen molar-refractivity contribution in [2.24, 2.45) is 0 Å². The van der Waals surface area contributed by atoms with Crippen LogP contribution in [0.1, 0.15) is 25.0 Å². The number of fused-ring (bicyclic) bond motifs is 2. The molecule has 0 radical (unpaired) electrons. The van der Waals surface area contributed by atoms with E-state index in [1.807, 2.05) is 50.5 Å². The van der Waals surface area contributed by atoms with E-state index in [4.69, 9.17) is 4.98 Å². The minimum Gasteiger partial charge on any atom is -0.335 e. The molecule has 0 aliphatic rings. The summed E-state index contributed by atoms with van der Waals surface area (Å²) in [7, 11) is 0. The molecule has 4 heterocycles. The lowest BCUT2D eigenvalue weighted by atomic mass is 10.0. The van der Waals surface area contributed by atoms with Gasteiger partial charge in [0.05, 0.1) is 22.7 Å². The molecule has 8 heteroatoms. The Bertz CT molecular complexity index is 1940. The van der Waals surface area contributed by atoms with Crippen LogP contribution in [-0.4, -0.2) is 30.1 Å². The Labute approximate surface area is 242 Å². The lowest BCUT2D eigenvalue weighted by Gasteiger charge is -2.07. The van der Waals surface area contributed by atoms with Gasteiger partial charge in [-0.15, -0.1) is 0 Å². The first-order chi connectivity index (χ1) is 20.7. The lowest BCUT2D eigenvalue weighted by molar-refractivity contribution is 0.628. The van der Waals surface area contributed by atoms with Gasteiger partial charge in [0.15, 0.2) is 5.82 Å². The van der Waals surface area contributed by atoms with Gasteiger partial charge in [-0.2, -0.15) is 5.10 Å². The van der Waals surface area contributed by atoms with E-state index in [-0.39, 0.29) is 5.82 Å². The first-order valence-electron chi connectivity index (χ1n) is 14.0. The van der Waals surface area contributed by atoms with Gasteiger partial charge in [-0.25, -0.2) is 9.37 Å². The number of H-pyrrole nitrogens is 2.